The molecule has 0 aliphatic rings. The van der Waals surface area contributed by atoms with E-state index in [0.29, 0.717) is 5.82 Å². The van der Waals surface area contributed by atoms with Crippen molar-refractivity contribution in [3.05, 3.63) is 22.1 Å². The number of aromatic nitrogens is 2. The molecule has 15 heavy (non-hydrogen) atoms. The van der Waals surface area contributed by atoms with E-state index in [1.54, 1.807) is 6.92 Å². The summed E-state index contributed by atoms with van der Waals surface area (Å²) in [6, 6.07) is 0. The standard InChI is InChI=1S/C7H10ClN3O3.Ca.2H/c1-5-9-3-7(11(13)14)10(5)4-6(12)2-8;;;/h3,6,12H,2,4H2,1H3;;;/q;+2;2*-1. The van der Waals surface area contributed by atoms with E-state index in [9.17, 15) is 15.2 Å². The molecule has 1 aromatic heterocycles. The first-order valence-corrected chi connectivity index (χ1v) is 4.50. The number of halogens is 1. The van der Waals surface area contributed by atoms with E-state index >= 15 is 0 Å². The van der Waals surface area contributed by atoms with Gasteiger partial charge < -0.3 is 18.1 Å². The Morgan fingerprint density at radius 2 is 2.47 bits per heavy atom. The first-order valence-electron chi connectivity index (χ1n) is 3.96. The molecular formula is C7H12CaClN3O3. The van der Waals surface area contributed by atoms with Crippen molar-refractivity contribution in [3.8, 4) is 0 Å². The second-order valence-corrected chi connectivity index (χ2v) is 3.15. The largest absolute Gasteiger partial charge is 2.00 e. The number of nitrogens with zero attached hydrogens (tertiary/aromatic N) is 3. The molecule has 0 saturated carbocycles. The fraction of sp³-hybridized carbons (Fsp3) is 0.571. The van der Waals surface area contributed by atoms with Gasteiger partial charge in [-0.05, 0) is 4.92 Å². The maximum atomic E-state index is 10.5. The van der Waals surface area contributed by atoms with Crippen molar-refractivity contribution in [1.29, 1.82) is 0 Å². The van der Waals surface area contributed by atoms with E-state index in [0.717, 1.165) is 6.20 Å². The van der Waals surface area contributed by atoms with Gasteiger partial charge in [0.25, 0.3) is 0 Å². The van der Waals surface area contributed by atoms with Crippen LogP contribution in [0, 0.1) is 17.0 Å². The molecule has 0 aliphatic heterocycles. The van der Waals surface area contributed by atoms with Gasteiger partial charge in [-0.25, -0.2) is 9.55 Å². The quantitative estimate of drug-likeness (QED) is 0.371. The Morgan fingerprint density at radius 3 is 2.93 bits per heavy atom. The van der Waals surface area contributed by atoms with Gasteiger partial charge in [-0.15, -0.1) is 11.6 Å². The fourth-order valence-electron chi connectivity index (χ4n) is 1.09. The molecule has 1 rings (SSSR count). The molecule has 0 aromatic carbocycles. The Morgan fingerprint density at radius 1 is 1.87 bits per heavy atom. The molecule has 1 N–H and O–H groups in total. The smallest absolute Gasteiger partial charge is 1.00 e. The summed E-state index contributed by atoms with van der Waals surface area (Å²) in [5, 5.41) is 19.8. The average molecular weight is 262 g/mol. The van der Waals surface area contributed by atoms with Crippen LogP contribution in [0.4, 0.5) is 5.82 Å². The van der Waals surface area contributed by atoms with E-state index in [1.807, 2.05) is 0 Å². The molecule has 0 amide bonds. The summed E-state index contributed by atoms with van der Waals surface area (Å²) in [5.74, 6) is 0.391. The Balaban J connectivity index is -0.000000653. The van der Waals surface area contributed by atoms with Crippen LogP contribution in [0.15, 0.2) is 6.20 Å². The van der Waals surface area contributed by atoms with Gasteiger partial charge in [-0.2, -0.15) is 0 Å². The summed E-state index contributed by atoms with van der Waals surface area (Å²) in [5.41, 5.74) is 0. The molecular weight excluding hydrogens is 250 g/mol. The molecule has 0 bridgehead atoms. The summed E-state index contributed by atoms with van der Waals surface area (Å²) in [7, 11) is 0. The Kier molecular flexibility index (Phi) is 6.70. The minimum absolute atomic E-state index is 0. The van der Waals surface area contributed by atoms with Gasteiger partial charge in [0.1, 0.15) is 18.8 Å². The van der Waals surface area contributed by atoms with Crippen LogP contribution in [-0.2, 0) is 6.54 Å². The molecule has 1 unspecified atom stereocenters. The molecule has 0 aliphatic carbocycles. The number of alkyl halides is 1. The molecule has 6 nitrogen and oxygen atoms in total. The second kappa shape index (κ2) is 6.65. The van der Waals surface area contributed by atoms with Crippen LogP contribution in [0.1, 0.15) is 8.68 Å². The van der Waals surface area contributed by atoms with Crippen molar-refractivity contribution >= 4 is 55.2 Å². The number of hydrogen-bond acceptors (Lipinski definition) is 4. The van der Waals surface area contributed by atoms with Crippen LogP contribution in [-0.4, -0.2) is 69.3 Å². The van der Waals surface area contributed by atoms with E-state index in [2.05, 4.69) is 4.98 Å². The Hall–Kier alpha value is 0.120. The molecule has 1 heterocycles. The van der Waals surface area contributed by atoms with Crippen LogP contribution >= 0.6 is 11.6 Å². The monoisotopic (exact) mass is 261 g/mol. The van der Waals surface area contributed by atoms with Crippen LogP contribution in [0.5, 0.6) is 0 Å². The molecule has 1 aromatic rings. The number of aliphatic hydroxyl groups excluding tert-OH is 1. The fourth-order valence-corrected chi connectivity index (χ4v) is 1.18. The predicted molar refractivity (Wildman–Crippen MR) is 58.3 cm³/mol. The van der Waals surface area contributed by atoms with Gasteiger partial charge >= 0.3 is 43.6 Å². The zero-order valence-electron chi connectivity index (χ0n) is 10.3. The molecule has 8 heteroatoms. The van der Waals surface area contributed by atoms with Gasteiger partial charge in [0.15, 0.2) is 5.82 Å². The van der Waals surface area contributed by atoms with Crippen molar-refractivity contribution in [2.24, 2.45) is 0 Å². The zero-order valence-corrected chi connectivity index (χ0v) is 11.2. The second-order valence-electron chi connectivity index (χ2n) is 2.84. The number of aliphatic hydroxyl groups is 1. The van der Waals surface area contributed by atoms with Crippen LogP contribution in [0.3, 0.4) is 0 Å². The van der Waals surface area contributed by atoms with Crippen LogP contribution in [0.2, 0.25) is 0 Å². The number of aryl methyl sites for hydroxylation is 1. The third-order valence-corrected chi connectivity index (χ3v) is 2.15. The van der Waals surface area contributed by atoms with Gasteiger partial charge in [0.05, 0.1) is 5.88 Å². The Labute approximate surface area is 124 Å². The SMILES string of the molecule is Cc1ncc([N+](=O)[O-])n1CC(O)CCl.[Ca+2].[H-].[H-]. The third kappa shape index (κ3) is 3.88. The summed E-state index contributed by atoms with van der Waals surface area (Å²) >= 11 is 5.40. The summed E-state index contributed by atoms with van der Waals surface area (Å²) in [4.78, 5) is 13.8. The van der Waals surface area contributed by atoms with Gasteiger partial charge in [-0.1, -0.05) is 0 Å². The van der Waals surface area contributed by atoms with Gasteiger partial charge in [0.2, 0.25) is 0 Å². The molecule has 82 valence electrons. The molecule has 0 fully saturated rings. The molecule has 0 radical (unpaired) electrons. The number of nitro groups is 1. The van der Waals surface area contributed by atoms with E-state index in [-0.39, 0.29) is 58.8 Å². The number of imidazole rings is 1. The van der Waals surface area contributed by atoms with E-state index < -0.39 is 11.0 Å². The summed E-state index contributed by atoms with van der Waals surface area (Å²) in [6.07, 6.45) is 0.360. The Bertz CT molecular complexity index is 353. The van der Waals surface area contributed by atoms with Crippen molar-refractivity contribution in [1.82, 2.24) is 9.55 Å². The first kappa shape index (κ1) is 15.1. The van der Waals surface area contributed by atoms with Crippen LogP contribution < -0.4 is 0 Å². The zero-order chi connectivity index (χ0) is 10.7. The van der Waals surface area contributed by atoms with E-state index in [1.165, 1.54) is 4.57 Å². The van der Waals surface area contributed by atoms with Crippen molar-refractivity contribution in [2.45, 2.75) is 19.6 Å². The minimum Gasteiger partial charge on any atom is -1.00 e. The number of hydrogen-bond donors (Lipinski definition) is 1. The minimum atomic E-state index is -0.803. The predicted octanol–water partition coefficient (Wildman–Crippen LogP) is 0.544. The normalized spacial score (nSPS) is 11.9. The van der Waals surface area contributed by atoms with Gasteiger partial charge in [-0.3, -0.25) is 0 Å². The summed E-state index contributed by atoms with van der Waals surface area (Å²) in [6.45, 7) is 1.72. The maximum Gasteiger partial charge on any atom is 2.00 e. The average Bonchev–Trinajstić information content (AvgIpc) is 2.48. The van der Waals surface area contributed by atoms with Crippen molar-refractivity contribution in [3.63, 3.8) is 0 Å². The van der Waals surface area contributed by atoms with E-state index in [4.69, 9.17) is 11.6 Å². The number of rotatable bonds is 4. The van der Waals surface area contributed by atoms with Gasteiger partial charge in [0, 0.05) is 6.92 Å². The van der Waals surface area contributed by atoms with Crippen LogP contribution in [0.25, 0.3) is 0 Å². The first-order chi connectivity index (χ1) is 6.56. The molecule has 1 atom stereocenters. The maximum absolute atomic E-state index is 10.5. The topological polar surface area (TPSA) is 81.2 Å². The third-order valence-electron chi connectivity index (χ3n) is 1.79. The van der Waals surface area contributed by atoms with Crippen molar-refractivity contribution in [2.75, 3.05) is 5.88 Å². The van der Waals surface area contributed by atoms with Crippen molar-refractivity contribution < 1.29 is 12.9 Å². The molecule has 0 spiro atoms. The summed E-state index contributed by atoms with van der Waals surface area (Å²) < 4.78 is 1.33. The molecule has 0 saturated heterocycles.